The highest BCUT2D eigenvalue weighted by atomic mass is 16.4. The summed E-state index contributed by atoms with van der Waals surface area (Å²) in [6, 6.07) is 0. The standard InChI is InChI=1S/C8H8O3/c1-4-7(9)8(10)5-2-3-6(5)11-4/h9H,2-3H2,1H3. The van der Waals surface area contributed by atoms with Crippen LogP contribution < -0.4 is 5.43 Å². The highest BCUT2D eigenvalue weighted by Gasteiger charge is 2.22. The van der Waals surface area contributed by atoms with Crippen molar-refractivity contribution in [2.24, 2.45) is 0 Å². The molecule has 11 heavy (non-hydrogen) atoms. The van der Waals surface area contributed by atoms with E-state index in [4.69, 9.17) is 9.52 Å². The SMILES string of the molecule is Cc1oc2c(c(=O)c1O)CC2. The van der Waals surface area contributed by atoms with Crippen LogP contribution in [0.5, 0.6) is 5.75 Å². The van der Waals surface area contributed by atoms with Gasteiger partial charge in [0.25, 0.3) is 0 Å². The Labute approximate surface area is 63.3 Å². The number of rotatable bonds is 0. The number of hydrogen-bond donors (Lipinski definition) is 1. The molecule has 2 rings (SSSR count). The number of aryl methyl sites for hydroxylation is 2. The molecule has 0 fully saturated rings. The molecule has 1 heterocycles. The van der Waals surface area contributed by atoms with Gasteiger partial charge in [-0.25, -0.2) is 0 Å². The molecule has 0 aromatic carbocycles. The van der Waals surface area contributed by atoms with Gasteiger partial charge in [0, 0.05) is 12.0 Å². The molecule has 0 saturated carbocycles. The van der Waals surface area contributed by atoms with Gasteiger partial charge < -0.3 is 9.52 Å². The van der Waals surface area contributed by atoms with E-state index in [1.54, 1.807) is 6.92 Å². The highest BCUT2D eigenvalue weighted by Crippen LogP contribution is 2.24. The zero-order valence-electron chi connectivity index (χ0n) is 6.18. The smallest absolute Gasteiger partial charge is 0.230 e. The Morgan fingerprint density at radius 2 is 2.18 bits per heavy atom. The third kappa shape index (κ3) is 0.707. The molecule has 1 aliphatic rings. The molecule has 0 bridgehead atoms. The van der Waals surface area contributed by atoms with Crippen LogP contribution in [0.25, 0.3) is 0 Å². The second-order valence-corrected chi connectivity index (χ2v) is 2.74. The minimum absolute atomic E-state index is 0.233. The first-order valence-corrected chi connectivity index (χ1v) is 3.54. The van der Waals surface area contributed by atoms with E-state index in [-0.39, 0.29) is 11.2 Å². The van der Waals surface area contributed by atoms with E-state index in [1.807, 2.05) is 0 Å². The van der Waals surface area contributed by atoms with Crippen LogP contribution in [0.1, 0.15) is 17.1 Å². The predicted octanol–water partition coefficient (Wildman–Crippen LogP) is 0.752. The number of hydrogen-bond acceptors (Lipinski definition) is 3. The van der Waals surface area contributed by atoms with Crippen LogP contribution in [0, 0.1) is 6.92 Å². The van der Waals surface area contributed by atoms with E-state index < -0.39 is 0 Å². The lowest BCUT2D eigenvalue weighted by atomic mass is 9.95. The normalized spacial score (nSPS) is 13.9. The van der Waals surface area contributed by atoms with Gasteiger partial charge in [-0.2, -0.15) is 0 Å². The maximum absolute atomic E-state index is 11.2. The van der Waals surface area contributed by atoms with Crippen LogP contribution in [0.15, 0.2) is 9.21 Å². The summed E-state index contributed by atoms with van der Waals surface area (Å²) in [5.74, 6) is 0.835. The first kappa shape index (κ1) is 6.46. The molecular formula is C8H8O3. The summed E-state index contributed by atoms with van der Waals surface area (Å²) in [4.78, 5) is 11.2. The number of aromatic hydroxyl groups is 1. The molecule has 0 aliphatic heterocycles. The van der Waals surface area contributed by atoms with Crippen LogP contribution in [0.4, 0.5) is 0 Å². The maximum atomic E-state index is 11.2. The van der Waals surface area contributed by atoms with Gasteiger partial charge in [0.2, 0.25) is 11.2 Å². The lowest BCUT2D eigenvalue weighted by Crippen LogP contribution is -2.21. The molecule has 58 valence electrons. The molecule has 0 amide bonds. The zero-order chi connectivity index (χ0) is 8.01. The van der Waals surface area contributed by atoms with Crippen molar-refractivity contribution in [3.05, 3.63) is 27.3 Å². The fourth-order valence-electron chi connectivity index (χ4n) is 1.24. The molecule has 0 saturated heterocycles. The van der Waals surface area contributed by atoms with Crippen molar-refractivity contribution >= 4 is 0 Å². The third-order valence-corrected chi connectivity index (χ3v) is 2.04. The largest absolute Gasteiger partial charge is 0.502 e. The molecule has 1 aromatic heterocycles. The van der Waals surface area contributed by atoms with Crippen LogP contribution in [-0.2, 0) is 12.8 Å². The quantitative estimate of drug-likeness (QED) is 0.596. The molecule has 0 unspecified atom stereocenters. The van der Waals surface area contributed by atoms with Crippen molar-refractivity contribution in [2.75, 3.05) is 0 Å². The van der Waals surface area contributed by atoms with E-state index in [0.717, 1.165) is 18.6 Å². The van der Waals surface area contributed by atoms with E-state index in [2.05, 4.69) is 0 Å². The highest BCUT2D eigenvalue weighted by molar-refractivity contribution is 5.35. The molecule has 3 heteroatoms. The Balaban J connectivity index is 2.80. The zero-order valence-corrected chi connectivity index (χ0v) is 6.18. The Morgan fingerprint density at radius 1 is 1.45 bits per heavy atom. The first-order valence-electron chi connectivity index (χ1n) is 3.54. The molecule has 1 N–H and O–H groups in total. The molecule has 1 aromatic rings. The number of fused-ring (bicyclic) bond motifs is 1. The van der Waals surface area contributed by atoms with Crippen molar-refractivity contribution in [1.82, 2.24) is 0 Å². The molecule has 0 atom stereocenters. The summed E-state index contributed by atoms with van der Waals surface area (Å²) < 4.78 is 5.16. The van der Waals surface area contributed by atoms with Crippen LogP contribution >= 0.6 is 0 Å². The van der Waals surface area contributed by atoms with Crippen molar-refractivity contribution in [3.8, 4) is 5.75 Å². The van der Waals surface area contributed by atoms with Crippen molar-refractivity contribution in [2.45, 2.75) is 19.8 Å². The minimum Gasteiger partial charge on any atom is -0.502 e. The molecule has 0 spiro atoms. The third-order valence-electron chi connectivity index (χ3n) is 2.04. The van der Waals surface area contributed by atoms with E-state index in [9.17, 15) is 4.79 Å². The summed E-state index contributed by atoms with van der Waals surface area (Å²) in [5.41, 5.74) is 0.392. The van der Waals surface area contributed by atoms with Gasteiger partial charge in [-0.05, 0) is 13.3 Å². The summed E-state index contributed by atoms with van der Waals surface area (Å²) in [6.45, 7) is 1.59. The Kier molecular flexibility index (Phi) is 1.10. The van der Waals surface area contributed by atoms with Crippen LogP contribution in [0.2, 0.25) is 0 Å². The topological polar surface area (TPSA) is 50.4 Å². The lowest BCUT2D eigenvalue weighted by molar-refractivity contribution is 0.371. The van der Waals surface area contributed by atoms with E-state index in [0.29, 0.717) is 11.3 Å². The Bertz CT molecular complexity index is 345. The van der Waals surface area contributed by atoms with Gasteiger partial charge in [0.1, 0.15) is 11.5 Å². The van der Waals surface area contributed by atoms with Gasteiger partial charge >= 0.3 is 0 Å². The molecular weight excluding hydrogens is 144 g/mol. The van der Waals surface area contributed by atoms with Gasteiger partial charge in [-0.3, -0.25) is 4.79 Å². The van der Waals surface area contributed by atoms with Crippen molar-refractivity contribution in [1.29, 1.82) is 0 Å². The first-order chi connectivity index (χ1) is 5.20. The average molecular weight is 152 g/mol. The fourth-order valence-corrected chi connectivity index (χ4v) is 1.24. The van der Waals surface area contributed by atoms with E-state index in [1.165, 1.54) is 0 Å². The second-order valence-electron chi connectivity index (χ2n) is 2.74. The predicted molar refractivity (Wildman–Crippen MR) is 38.8 cm³/mol. The molecule has 0 radical (unpaired) electrons. The monoisotopic (exact) mass is 152 g/mol. The molecule has 3 nitrogen and oxygen atoms in total. The molecule has 1 aliphatic carbocycles. The van der Waals surface area contributed by atoms with E-state index >= 15 is 0 Å². The summed E-state index contributed by atoms with van der Waals surface area (Å²) >= 11 is 0. The Morgan fingerprint density at radius 3 is 2.73 bits per heavy atom. The van der Waals surface area contributed by atoms with Gasteiger partial charge in [-0.15, -0.1) is 0 Å². The lowest BCUT2D eigenvalue weighted by Gasteiger charge is -2.16. The van der Waals surface area contributed by atoms with Crippen molar-refractivity contribution < 1.29 is 9.52 Å². The van der Waals surface area contributed by atoms with Crippen LogP contribution in [-0.4, -0.2) is 5.11 Å². The summed E-state index contributed by atoms with van der Waals surface area (Å²) in [5, 5.41) is 9.14. The van der Waals surface area contributed by atoms with Gasteiger partial charge in [0.15, 0.2) is 0 Å². The average Bonchev–Trinajstić information content (AvgIpc) is 1.93. The summed E-state index contributed by atoms with van der Waals surface area (Å²) in [7, 11) is 0. The van der Waals surface area contributed by atoms with Crippen LogP contribution in [0.3, 0.4) is 0 Å². The van der Waals surface area contributed by atoms with Crippen molar-refractivity contribution in [3.63, 3.8) is 0 Å². The van der Waals surface area contributed by atoms with Gasteiger partial charge in [-0.1, -0.05) is 0 Å². The Hall–Kier alpha value is -1.25. The summed E-state index contributed by atoms with van der Waals surface area (Å²) in [6.07, 6.45) is 1.57. The maximum Gasteiger partial charge on any atom is 0.230 e. The van der Waals surface area contributed by atoms with Gasteiger partial charge in [0.05, 0.1) is 0 Å². The fraction of sp³-hybridized carbons (Fsp3) is 0.375. The second kappa shape index (κ2) is 1.87. The minimum atomic E-state index is -0.255.